The minimum absolute atomic E-state index is 0.926. The molecule has 8 aromatic rings. The van der Waals surface area contributed by atoms with Crippen LogP contribution < -0.4 is 0 Å². The van der Waals surface area contributed by atoms with E-state index in [1.807, 2.05) is 0 Å². The van der Waals surface area contributed by atoms with Gasteiger partial charge in [-0.3, -0.25) is 0 Å². The summed E-state index contributed by atoms with van der Waals surface area (Å²) in [6.45, 7) is 0. The summed E-state index contributed by atoms with van der Waals surface area (Å²) in [5.74, 6) is 0. The van der Waals surface area contributed by atoms with Crippen LogP contribution in [0.1, 0.15) is 22.5 Å². The van der Waals surface area contributed by atoms with Gasteiger partial charge in [0.15, 0.2) is 0 Å². The number of para-hydroxylation sites is 3. The zero-order valence-corrected chi connectivity index (χ0v) is 24.2. The second-order valence-electron chi connectivity index (χ2n) is 12.1. The molecule has 0 unspecified atom stereocenters. The Labute approximate surface area is 256 Å². The molecule has 0 N–H and O–H groups in total. The van der Waals surface area contributed by atoms with Crippen molar-refractivity contribution in [2.45, 2.75) is 12.8 Å². The number of fused-ring (bicyclic) bond motifs is 10. The van der Waals surface area contributed by atoms with Crippen LogP contribution in [-0.2, 0) is 12.8 Å². The van der Waals surface area contributed by atoms with Crippen molar-refractivity contribution < 1.29 is 0 Å². The van der Waals surface area contributed by atoms with Gasteiger partial charge in [-0.15, -0.1) is 0 Å². The van der Waals surface area contributed by atoms with E-state index in [1.54, 1.807) is 0 Å². The Morgan fingerprint density at radius 3 is 1.73 bits per heavy atom. The Balaban J connectivity index is 1.10. The monoisotopic (exact) mass is 560 g/mol. The number of hydrogen-bond acceptors (Lipinski definition) is 0. The summed E-state index contributed by atoms with van der Waals surface area (Å²) >= 11 is 0. The first-order valence-corrected chi connectivity index (χ1v) is 15.5. The Morgan fingerprint density at radius 1 is 0.386 bits per heavy atom. The van der Waals surface area contributed by atoms with Crippen LogP contribution in [0.5, 0.6) is 0 Å². The Morgan fingerprint density at radius 2 is 0.955 bits per heavy atom. The lowest BCUT2D eigenvalue weighted by Gasteiger charge is -2.13. The average Bonchev–Trinajstić information content (AvgIpc) is 3.81. The van der Waals surface area contributed by atoms with Gasteiger partial charge in [0.05, 0.1) is 11.0 Å². The van der Waals surface area contributed by atoms with Crippen LogP contribution in [-0.4, -0.2) is 9.13 Å². The third-order valence-corrected chi connectivity index (χ3v) is 9.77. The highest BCUT2D eigenvalue weighted by Crippen LogP contribution is 2.47. The quantitative estimate of drug-likeness (QED) is 0.203. The molecular formula is C42H28N2. The predicted octanol–water partition coefficient (Wildman–Crippen LogP) is 10.4. The highest BCUT2D eigenvalue weighted by molar-refractivity contribution is 6.03. The van der Waals surface area contributed by atoms with E-state index in [4.69, 9.17) is 0 Å². The predicted molar refractivity (Wildman–Crippen MR) is 182 cm³/mol. The fourth-order valence-electron chi connectivity index (χ4n) is 7.96. The molecule has 0 atom stereocenters. The average molecular weight is 561 g/mol. The topological polar surface area (TPSA) is 9.86 Å². The second kappa shape index (κ2) is 8.95. The van der Waals surface area contributed by atoms with E-state index in [9.17, 15) is 0 Å². The maximum atomic E-state index is 2.49. The normalized spacial score (nSPS) is 12.8. The van der Waals surface area contributed by atoms with Crippen molar-refractivity contribution in [3.63, 3.8) is 0 Å². The maximum Gasteiger partial charge on any atom is 0.0538 e. The van der Waals surface area contributed by atoms with E-state index < -0.39 is 0 Å². The summed E-state index contributed by atoms with van der Waals surface area (Å²) < 4.78 is 4.95. The van der Waals surface area contributed by atoms with Crippen molar-refractivity contribution in [1.29, 1.82) is 0 Å². The molecule has 0 aliphatic heterocycles. The van der Waals surface area contributed by atoms with Gasteiger partial charge < -0.3 is 9.13 Å². The zero-order valence-electron chi connectivity index (χ0n) is 24.2. The molecule has 0 saturated carbocycles. The van der Waals surface area contributed by atoms with Gasteiger partial charge in [-0.05, 0) is 69.8 Å². The van der Waals surface area contributed by atoms with Crippen LogP contribution in [0.4, 0.5) is 0 Å². The van der Waals surface area contributed by atoms with Crippen LogP contribution >= 0.6 is 0 Å². The van der Waals surface area contributed by atoms with Gasteiger partial charge in [-0.2, -0.15) is 0 Å². The molecule has 2 nitrogen and oxygen atoms in total. The lowest BCUT2D eigenvalue weighted by molar-refractivity contribution is 1.01. The first-order chi connectivity index (χ1) is 21.8. The van der Waals surface area contributed by atoms with E-state index in [2.05, 4.69) is 155 Å². The van der Waals surface area contributed by atoms with Gasteiger partial charge in [-0.25, -0.2) is 0 Å². The van der Waals surface area contributed by atoms with E-state index in [0.29, 0.717) is 0 Å². The van der Waals surface area contributed by atoms with Crippen molar-refractivity contribution in [2.75, 3.05) is 0 Å². The van der Waals surface area contributed by atoms with Gasteiger partial charge in [0, 0.05) is 57.5 Å². The molecule has 10 rings (SSSR count). The maximum absolute atomic E-state index is 2.49. The number of nitrogens with zero attached hydrogens (tertiary/aromatic N) is 2. The number of benzene rings is 6. The van der Waals surface area contributed by atoms with Gasteiger partial charge in [0.1, 0.15) is 0 Å². The molecule has 0 bridgehead atoms. The fourth-order valence-corrected chi connectivity index (χ4v) is 7.96. The molecule has 2 heterocycles. The van der Waals surface area contributed by atoms with Crippen molar-refractivity contribution in [3.05, 3.63) is 168 Å². The third kappa shape index (κ3) is 3.25. The summed E-state index contributed by atoms with van der Waals surface area (Å²) in [5, 5.41) is 2.66. The van der Waals surface area contributed by atoms with Crippen LogP contribution in [0, 0.1) is 0 Å². The molecule has 206 valence electrons. The molecule has 0 saturated heterocycles. The fraction of sp³-hybridized carbons (Fsp3) is 0.0476. The van der Waals surface area contributed by atoms with E-state index in [1.165, 1.54) is 89.1 Å². The van der Waals surface area contributed by atoms with Gasteiger partial charge in [0.25, 0.3) is 0 Å². The molecule has 2 heteroatoms. The van der Waals surface area contributed by atoms with Crippen molar-refractivity contribution in [1.82, 2.24) is 9.13 Å². The van der Waals surface area contributed by atoms with E-state index in [-0.39, 0.29) is 0 Å². The first-order valence-electron chi connectivity index (χ1n) is 15.5. The molecule has 0 amide bonds. The Kier molecular flexibility index (Phi) is 4.86. The smallest absolute Gasteiger partial charge is 0.0538 e. The molecular weight excluding hydrogens is 532 g/mol. The molecule has 0 spiro atoms. The largest absolute Gasteiger partial charge is 0.313 e. The van der Waals surface area contributed by atoms with Gasteiger partial charge in [0.2, 0.25) is 0 Å². The molecule has 6 aromatic carbocycles. The number of hydrogen-bond donors (Lipinski definition) is 0. The lowest BCUT2D eigenvalue weighted by Crippen LogP contribution is -2.00. The molecule has 0 fully saturated rings. The van der Waals surface area contributed by atoms with E-state index in [0.717, 1.165) is 12.8 Å². The summed E-state index contributed by atoms with van der Waals surface area (Å²) in [4.78, 5) is 0. The van der Waals surface area contributed by atoms with Crippen molar-refractivity contribution >= 4 is 21.8 Å². The minimum Gasteiger partial charge on any atom is -0.313 e. The Hall–Kier alpha value is -5.60. The zero-order chi connectivity index (χ0) is 28.8. The third-order valence-electron chi connectivity index (χ3n) is 9.77. The van der Waals surface area contributed by atoms with Crippen LogP contribution in [0.25, 0.3) is 66.6 Å². The molecule has 0 radical (unpaired) electrons. The molecule has 44 heavy (non-hydrogen) atoms. The summed E-state index contributed by atoms with van der Waals surface area (Å²) in [6.07, 6.45) is 1.88. The van der Waals surface area contributed by atoms with Crippen LogP contribution in [0.3, 0.4) is 0 Å². The lowest BCUT2D eigenvalue weighted by atomic mass is 9.98. The highest BCUT2D eigenvalue weighted by Gasteiger charge is 2.29. The minimum atomic E-state index is 0.926. The number of rotatable bonds is 3. The molecule has 2 aliphatic rings. The summed E-state index contributed by atoms with van der Waals surface area (Å²) in [6, 6.07) is 53.6. The second-order valence-corrected chi connectivity index (χ2v) is 12.1. The van der Waals surface area contributed by atoms with Gasteiger partial charge >= 0.3 is 0 Å². The van der Waals surface area contributed by atoms with Crippen LogP contribution in [0.15, 0.2) is 146 Å². The van der Waals surface area contributed by atoms with E-state index >= 15 is 0 Å². The standard InChI is InChI=1S/C42H28N2/c1-2-13-31(14-3-1)43-37-19-8-6-17-35(37)42-34-22-21-28(23-30(34)26-40(42)43)27-12-10-15-32(24-27)44-38-20-9-7-18-36(38)41-33-16-5-4-11-29(33)25-39(41)44/h1-24H,25-26H2. The summed E-state index contributed by atoms with van der Waals surface area (Å²) in [7, 11) is 0. The van der Waals surface area contributed by atoms with Crippen LogP contribution in [0.2, 0.25) is 0 Å². The summed E-state index contributed by atoms with van der Waals surface area (Å²) in [5.41, 5.74) is 18.6. The molecule has 2 aliphatic carbocycles. The Bertz CT molecular complexity index is 2440. The highest BCUT2D eigenvalue weighted by atomic mass is 15.0. The van der Waals surface area contributed by atoms with Gasteiger partial charge in [-0.1, -0.05) is 109 Å². The SMILES string of the molecule is c1ccc(-n2c3c(c4ccccc42)-c2ccc(-c4cccc(-n5c6c(c7ccccc75)-c5ccccc5C6)c4)cc2C3)cc1. The molecule has 2 aromatic heterocycles. The number of aromatic nitrogens is 2. The van der Waals surface area contributed by atoms with Crippen molar-refractivity contribution in [2.24, 2.45) is 0 Å². The first kappa shape index (κ1) is 23.9. The van der Waals surface area contributed by atoms with Crippen molar-refractivity contribution in [3.8, 4) is 44.8 Å².